The molecule has 0 aliphatic carbocycles. The Kier molecular flexibility index (Phi) is 3.82. The molecule has 3 heteroatoms. The third kappa shape index (κ3) is 2.87. The van der Waals surface area contributed by atoms with Crippen molar-refractivity contribution >= 4 is 11.0 Å². The molecule has 0 amide bonds. The van der Waals surface area contributed by atoms with E-state index < -0.39 is 0 Å². The maximum Gasteiger partial charge on any atom is 0.134 e. The van der Waals surface area contributed by atoms with Gasteiger partial charge >= 0.3 is 0 Å². The molecule has 0 saturated carbocycles. The lowest BCUT2D eigenvalue weighted by molar-refractivity contribution is 0.162. The van der Waals surface area contributed by atoms with E-state index in [-0.39, 0.29) is 12.1 Å². The minimum absolute atomic E-state index is 0.114. The molecule has 2 N–H and O–H groups in total. The van der Waals surface area contributed by atoms with E-state index in [2.05, 4.69) is 5.32 Å². The zero-order chi connectivity index (χ0) is 12.3. The van der Waals surface area contributed by atoms with E-state index in [0.717, 1.165) is 23.2 Å². The van der Waals surface area contributed by atoms with Gasteiger partial charge in [-0.2, -0.15) is 0 Å². The molecule has 0 saturated heterocycles. The van der Waals surface area contributed by atoms with Gasteiger partial charge in [0.2, 0.25) is 0 Å². The van der Waals surface area contributed by atoms with Crippen molar-refractivity contribution in [2.75, 3.05) is 6.54 Å². The lowest BCUT2D eigenvalue weighted by atomic mass is 10.2. The molecule has 2 unspecified atom stereocenters. The molecule has 0 aliphatic rings. The second-order valence-corrected chi connectivity index (χ2v) is 4.38. The van der Waals surface area contributed by atoms with Crippen LogP contribution in [0.3, 0.4) is 0 Å². The van der Waals surface area contributed by atoms with Crippen molar-refractivity contribution in [3.8, 4) is 0 Å². The van der Waals surface area contributed by atoms with E-state index in [4.69, 9.17) is 4.42 Å². The first kappa shape index (κ1) is 12.1. The van der Waals surface area contributed by atoms with Crippen LogP contribution in [0.25, 0.3) is 11.0 Å². The molecule has 1 heterocycles. The molecule has 92 valence electrons. The average Bonchev–Trinajstić information content (AvgIpc) is 2.79. The highest BCUT2D eigenvalue weighted by atomic mass is 16.3. The van der Waals surface area contributed by atoms with Gasteiger partial charge in [0.25, 0.3) is 0 Å². The molecule has 2 rings (SSSR count). The number of aliphatic hydroxyl groups is 1. The van der Waals surface area contributed by atoms with Crippen LogP contribution in [0.1, 0.15) is 32.1 Å². The third-order valence-electron chi connectivity index (χ3n) is 3.00. The van der Waals surface area contributed by atoms with Gasteiger partial charge in [-0.05, 0) is 25.5 Å². The smallest absolute Gasteiger partial charge is 0.134 e. The fourth-order valence-corrected chi connectivity index (χ4v) is 1.77. The standard InChI is InChI=1S/C14H19NO2/c1-3-12(16)9-15-10(2)14-8-11-6-4-5-7-13(11)17-14/h4-8,10,12,15-16H,3,9H2,1-2H3. The van der Waals surface area contributed by atoms with Crippen molar-refractivity contribution < 1.29 is 9.52 Å². The number of benzene rings is 1. The quantitative estimate of drug-likeness (QED) is 0.834. The van der Waals surface area contributed by atoms with Crippen LogP contribution in [0.4, 0.5) is 0 Å². The summed E-state index contributed by atoms with van der Waals surface area (Å²) in [6.45, 7) is 4.60. The largest absolute Gasteiger partial charge is 0.459 e. The van der Waals surface area contributed by atoms with Gasteiger partial charge in [0, 0.05) is 11.9 Å². The summed E-state index contributed by atoms with van der Waals surface area (Å²) >= 11 is 0. The monoisotopic (exact) mass is 233 g/mol. The van der Waals surface area contributed by atoms with E-state index in [1.54, 1.807) is 0 Å². The maximum atomic E-state index is 9.50. The first-order valence-electron chi connectivity index (χ1n) is 6.10. The second kappa shape index (κ2) is 5.34. The van der Waals surface area contributed by atoms with E-state index in [0.29, 0.717) is 6.54 Å². The SMILES string of the molecule is CCC(O)CNC(C)c1cc2ccccc2o1. The van der Waals surface area contributed by atoms with Crippen LogP contribution in [0.5, 0.6) is 0 Å². The van der Waals surface area contributed by atoms with Gasteiger partial charge in [0.15, 0.2) is 0 Å². The van der Waals surface area contributed by atoms with Crippen molar-refractivity contribution in [2.24, 2.45) is 0 Å². The number of para-hydroxylation sites is 1. The summed E-state index contributed by atoms with van der Waals surface area (Å²) in [5, 5.41) is 13.9. The van der Waals surface area contributed by atoms with E-state index >= 15 is 0 Å². The highest BCUT2D eigenvalue weighted by Crippen LogP contribution is 2.23. The molecule has 0 radical (unpaired) electrons. The molecule has 17 heavy (non-hydrogen) atoms. The van der Waals surface area contributed by atoms with Crippen molar-refractivity contribution in [1.82, 2.24) is 5.32 Å². The summed E-state index contributed by atoms with van der Waals surface area (Å²) in [6, 6.07) is 10.1. The zero-order valence-electron chi connectivity index (χ0n) is 10.3. The summed E-state index contributed by atoms with van der Waals surface area (Å²) < 4.78 is 5.75. The Labute approximate surface area is 101 Å². The first-order chi connectivity index (χ1) is 8.20. The van der Waals surface area contributed by atoms with Crippen molar-refractivity contribution in [2.45, 2.75) is 32.4 Å². The predicted molar refractivity (Wildman–Crippen MR) is 68.9 cm³/mol. The Morgan fingerprint density at radius 3 is 2.82 bits per heavy atom. The van der Waals surface area contributed by atoms with Crippen molar-refractivity contribution in [3.63, 3.8) is 0 Å². The maximum absolute atomic E-state index is 9.50. The van der Waals surface area contributed by atoms with Gasteiger partial charge in [-0.3, -0.25) is 0 Å². The van der Waals surface area contributed by atoms with E-state index in [9.17, 15) is 5.11 Å². The van der Waals surface area contributed by atoms with Crippen LogP contribution in [-0.4, -0.2) is 17.8 Å². The number of hydrogen-bond acceptors (Lipinski definition) is 3. The van der Waals surface area contributed by atoms with Crippen LogP contribution in [0.2, 0.25) is 0 Å². The van der Waals surface area contributed by atoms with Crippen LogP contribution < -0.4 is 5.32 Å². The van der Waals surface area contributed by atoms with Crippen LogP contribution in [0, 0.1) is 0 Å². The van der Waals surface area contributed by atoms with Crippen LogP contribution in [0.15, 0.2) is 34.7 Å². The summed E-state index contributed by atoms with van der Waals surface area (Å²) in [4.78, 5) is 0. The number of hydrogen-bond donors (Lipinski definition) is 2. The summed E-state index contributed by atoms with van der Waals surface area (Å²) in [5.41, 5.74) is 0.909. The van der Waals surface area contributed by atoms with Gasteiger partial charge in [0.05, 0.1) is 12.1 Å². The molecule has 3 nitrogen and oxygen atoms in total. The van der Waals surface area contributed by atoms with Crippen LogP contribution in [-0.2, 0) is 0 Å². The Morgan fingerprint density at radius 1 is 1.35 bits per heavy atom. The van der Waals surface area contributed by atoms with Gasteiger partial charge in [-0.15, -0.1) is 0 Å². The van der Waals surface area contributed by atoms with E-state index in [1.165, 1.54) is 0 Å². The van der Waals surface area contributed by atoms with Crippen LogP contribution >= 0.6 is 0 Å². The number of rotatable bonds is 5. The predicted octanol–water partition coefficient (Wildman–Crippen LogP) is 2.85. The highest BCUT2D eigenvalue weighted by Gasteiger charge is 2.11. The minimum Gasteiger partial charge on any atom is -0.459 e. The Morgan fingerprint density at radius 2 is 2.12 bits per heavy atom. The third-order valence-corrected chi connectivity index (χ3v) is 3.00. The molecule has 0 fully saturated rings. The van der Waals surface area contributed by atoms with Crippen molar-refractivity contribution in [1.29, 1.82) is 0 Å². The normalized spacial score (nSPS) is 15.0. The Hall–Kier alpha value is -1.32. The second-order valence-electron chi connectivity index (χ2n) is 4.38. The average molecular weight is 233 g/mol. The fourth-order valence-electron chi connectivity index (χ4n) is 1.77. The van der Waals surface area contributed by atoms with Crippen molar-refractivity contribution in [3.05, 3.63) is 36.1 Å². The van der Waals surface area contributed by atoms with Gasteiger partial charge in [-0.25, -0.2) is 0 Å². The van der Waals surface area contributed by atoms with Gasteiger partial charge in [-0.1, -0.05) is 25.1 Å². The van der Waals surface area contributed by atoms with E-state index in [1.807, 2.05) is 44.2 Å². The number of nitrogens with one attached hydrogen (secondary N) is 1. The first-order valence-corrected chi connectivity index (χ1v) is 6.10. The molecule has 0 aliphatic heterocycles. The van der Waals surface area contributed by atoms with Gasteiger partial charge < -0.3 is 14.8 Å². The summed E-state index contributed by atoms with van der Waals surface area (Å²) in [7, 11) is 0. The number of furan rings is 1. The lowest BCUT2D eigenvalue weighted by Crippen LogP contribution is -2.28. The zero-order valence-corrected chi connectivity index (χ0v) is 10.3. The molecular weight excluding hydrogens is 214 g/mol. The minimum atomic E-state index is -0.290. The number of fused-ring (bicyclic) bond motifs is 1. The summed E-state index contributed by atoms with van der Waals surface area (Å²) in [6.07, 6.45) is 0.474. The Bertz CT molecular complexity index is 445. The Balaban J connectivity index is 2.06. The molecule has 0 bridgehead atoms. The highest BCUT2D eigenvalue weighted by molar-refractivity contribution is 5.77. The fraction of sp³-hybridized carbons (Fsp3) is 0.429. The molecule has 0 spiro atoms. The molecule has 2 atom stereocenters. The molecular formula is C14H19NO2. The summed E-state index contributed by atoms with van der Waals surface area (Å²) in [5.74, 6) is 0.912. The molecule has 1 aromatic carbocycles. The molecule has 2 aromatic rings. The van der Waals surface area contributed by atoms with Gasteiger partial charge in [0.1, 0.15) is 11.3 Å². The lowest BCUT2D eigenvalue weighted by Gasteiger charge is -2.13. The topological polar surface area (TPSA) is 45.4 Å². The molecule has 1 aromatic heterocycles. The number of aliphatic hydroxyl groups excluding tert-OH is 1.